The number of rotatable bonds is 4. The van der Waals surface area contributed by atoms with Crippen LogP contribution in [0.5, 0.6) is 0 Å². The van der Waals surface area contributed by atoms with Gasteiger partial charge in [-0.05, 0) is 60.1 Å². The molecule has 0 aliphatic heterocycles. The van der Waals surface area contributed by atoms with Gasteiger partial charge in [-0.25, -0.2) is 0 Å². The van der Waals surface area contributed by atoms with Crippen molar-refractivity contribution in [2.24, 2.45) is 0 Å². The van der Waals surface area contributed by atoms with Gasteiger partial charge in [0.2, 0.25) is 0 Å². The van der Waals surface area contributed by atoms with E-state index in [-0.39, 0.29) is 0 Å². The van der Waals surface area contributed by atoms with Crippen LogP contribution >= 0.6 is 0 Å². The predicted octanol–water partition coefficient (Wildman–Crippen LogP) is 5.49. The third-order valence-corrected chi connectivity index (χ3v) is 4.49. The molecule has 0 spiro atoms. The highest BCUT2D eigenvalue weighted by Gasteiger charge is 2.07. The molecular weight excluding hydrogens is 264 g/mol. The molecule has 0 fully saturated rings. The summed E-state index contributed by atoms with van der Waals surface area (Å²) in [6, 6.07) is 26.0. The second kappa shape index (κ2) is 6.62. The van der Waals surface area contributed by atoms with Crippen LogP contribution in [0.15, 0.2) is 72.8 Å². The van der Waals surface area contributed by atoms with Crippen LogP contribution < -0.4 is 0 Å². The minimum Gasteiger partial charge on any atom is -0.0622 e. The molecule has 0 nitrogen and oxygen atoms in total. The molecule has 0 heterocycles. The zero-order valence-corrected chi connectivity index (χ0v) is 13.3. The number of hydrogen-bond donors (Lipinski definition) is 0. The largest absolute Gasteiger partial charge is 0.0622 e. The highest BCUT2D eigenvalue weighted by molar-refractivity contribution is 5.43. The Bertz CT molecular complexity index is 673. The maximum Gasteiger partial charge on any atom is -0.00230 e. The highest BCUT2D eigenvalue weighted by Crippen LogP contribution is 2.22. The summed E-state index contributed by atoms with van der Waals surface area (Å²) >= 11 is 0. The van der Waals surface area contributed by atoms with E-state index in [1.807, 2.05) is 0 Å². The quantitative estimate of drug-likeness (QED) is 0.595. The predicted molar refractivity (Wildman–Crippen MR) is 94.4 cm³/mol. The topological polar surface area (TPSA) is 0 Å². The normalized spacial score (nSPS) is 10.6. The molecule has 0 amide bonds. The van der Waals surface area contributed by atoms with E-state index < -0.39 is 0 Å². The number of hydrogen-bond acceptors (Lipinski definition) is 0. The van der Waals surface area contributed by atoms with E-state index in [0.717, 1.165) is 12.8 Å². The molecule has 0 aliphatic rings. The fraction of sp³-hybridized carbons (Fsp3) is 0.182. The second-order valence-corrected chi connectivity index (χ2v) is 5.96. The van der Waals surface area contributed by atoms with Gasteiger partial charge < -0.3 is 0 Å². The van der Waals surface area contributed by atoms with Gasteiger partial charge in [0.25, 0.3) is 0 Å². The first-order chi connectivity index (χ1) is 10.7. The fourth-order valence-electron chi connectivity index (χ4n) is 2.95. The Balaban J connectivity index is 1.85. The van der Waals surface area contributed by atoms with Crippen LogP contribution in [0, 0.1) is 13.8 Å². The lowest BCUT2D eigenvalue weighted by molar-refractivity contribution is 1.08. The molecule has 0 heteroatoms. The summed E-state index contributed by atoms with van der Waals surface area (Å²) in [6.07, 6.45) is 2.03. The Morgan fingerprint density at radius 3 is 1.23 bits per heavy atom. The average molecular weight is 286 g/mol. The van der Waals surface area contributed by atoms with Crippen molar-refractivity contribution < 1.29 is 0 Å². The summed E-state index contributed by atoms with van der Waals surface area (Å²) in [5.41, 5.74) is 8.47. The van der Waals surface area contributed by atoms with Gasteiger partial charge in [-0.1, -0.05) is 72.8 Å². The third-order valence-electron chi connectivity index (χ3n) is 4.49. The molecule has 0 saturated carbocycles. The molecule has 0 aliphatic carbocycles. The molecule has 0 radical (unpaired) electrons. The van der Waals surface area contributed by atoms with Crippen molar-refractivity contribution in [1.82, 2.24) is 0 Å². The van der Waals surface area contributed by atoms with Crippen molar-refractivity contribution in [2.75, 3.05) is 0 Å². The fourth-order valence-corrected chi connectivity index (χ4v) is 2.95. The van der Waals surface area contributed by atoms with Gasteiger partial charge in [0, 0.05) is 0 Å². The maximum atomic E-state index is 2.30. The lowest BCUT2D eigenvalue weighted by atomic mass is 9.91. The van der Waals surface area contributed by atoms with E-state index in [1.165, 1.54) is 33.4 Å². The van der Waals surface area contributed by atoms with Crippen molar-refractivity contribution in [1.29, 1.82) is 0 Å². The summed E-state index contributed by atoms with van der Waals surface area (Å²) in [5, 5.41) is 0. The van der Waals surface area contributed by atoms with E-state index in [0.29, 0.717) is 0 Å². The summed E-state index contributed by atoms with van der Waals surface area (Å²) in [7, 11) is 0. The molecule has 0 aromatic heterocycles. The molecular formula is C22H22. The molecule has 0 bridgehead atoms. The van der Waals surface area contributed by atoms with Crippen LogP contribution in [-0.2, 0) is 12.8 Å². The molecule has 3 aromatic carbocycles. The van der Waals surface area contributed by atoms with Crippen molar-refractivity contribution in [3.05, 3.63) is 106 Å². The van der Waals surface area contributed by atoms with E-state index >= 15 is 0 Å². The molecule has 3 rings (SSSR count). The smallest absolute Gasteiger partial charge is 0.00230 e. The molecule has 22 heavy (non-hydrogen) atoms. The van der Waals surface area contributed by atoms with Gasteiger partial charge in [-0.15, -0.1) is 0 Å². The van der Waals surface area contributed by atoms with Crippen LogP contribution in [-0.4, -0.2) is 0 Å². The van der Waals surface area contributed by atoms with Crippen LogP contribution in [0.1, 0.15) is 33.4 Å². The zero-order valence-electron chi connectivity index (χ0n) is 13.3. The lowest BCUT2D eigenvalue weighted by Gasteiger charge is -2.14. The van der Waals surface area contributed by atoms with Gasteiger partial charge in [0.1, 0.15) is 0 Å². The minimum absolute atomic E-state index is 1.01. The lowest BCUT2D eigenvalue weighted by Crippen LogP contribution is -1.99. The van der Waals surface area contributed by atoms with Crippen molar-refractivity contribution >= 4 is 0 Å². The molecule has 3 aromatic rings. The summed E-state index contributed by atoms with van der Waals surface area (Å²) in [6.45, 7) is 4.50. The van der Waals surface area contributed by atoms with Crippen LogP contribution in [0.2, 0.25) is 0 Å². The maximum absolute atomic E-state index is 2.30. The minimum atomic E-state index is 1.01. The van der Waals surface area contributed by atoms with Crippen LogP contribution in [0.3, 0.4) is 0 Å². The first-order valence-electron chi connectivity index (χ1n) is 7.90. The van der Waals surface area contributed by atoms with E-state index in [2.05, 4.69) is 86.6 Å². The Labute approximate surface area is 133 Å². The van der Waals surface area contributed by atoms with E-state index in [9.17, 15) is 0 Å². The van der Waals surface area contributed by atoms with Crippen LogP contribution in [0.25, 0.3) is 0 Å². The molecule has 0 saturated heterocycles. The Hall–Kier alpha value is -2.34. The van der Waals surface area contributed by atoms with Gasteiger partial charge in [-0.3, -0.25) is 0 Å². The Kier molecular flexibility index (Phi) is 4.39. The van der Waals surface area contributed by atoms with Gasteiger partial charge in [0.05, 0.1) is 0 Å². The van der Waals surface area contributed by atoms with Crippen molar-refractivity contribution in [2.45, 2.75) is 26.7 Å². The first-order valence-corrected chi connectivity index (χ1v) is 7.90. The number of benzene rings is 3. The third kappa shape index (κ3) is 3.28. The van der Waals surface area contributed by atoms with Crippen LogP contribution in [0.4, 0.5) is 0 Å². The summed E-state index contributed by atoms with van der Waals surface area (Å²) < 4.78 is 0. The molecule has 0 unspecified atom stereocenters. The molecule has 110 valence electrons. The van der Waals surface area contributed by atoms with Crippen molar-refractivity contribution in [3.8, 4) is 0 Å². The van der Waals surface area contributed by atoms with Gasteiger partial charge in [-0.2, -0.15) is 0 Å². The van der Waals surface area contributed by atoms with Crippen molar-refractivity contribution in [3.63, 3.8) is 0 Å². The van der Waals surface area contributed by atoms with Gasteiger partial charge in [0.15, 0.2) is 0 Å². The second-order valence-electron chi connectivity index (χ2n) is 5.96. The van der Waals surface area contributed by atoms with E-state index in [1.54, 1.807) is 0 Å². The monoisotopic (exact) mass is 286 g/mol. The Morgan fingerprint density at radius 2 is 0.864 bits per heavy atom. The highest BCUT2D eigenvalue weighted by atomic mass is 14.1. The zero-order chi connectivity index (χ0) is 15.4. The summed E-state index contributed by atoms with van der Waals surface area (Å²) in [4.78, 5) is 0. The SMILES string of the molecule is Cc1c(Cc2ccccc2)ccc(Cc2ccccc2)c1C. The Morgan fingerprint density at radius 1 is 0.500 bits per heavy atom. The van der Waals surface area contributed by atoms with Gasteiger partial charge >= 0.3 is 0 Å². The standard InChI is InChI=1S/C22H22/c1-17-18(2)22(16-20-11-7-4-8-12-20)14-13-21(17)15-19-9-5-3-6-10-19/h3-14H,15-16H2,1-2H3. The average Bonchev–Trinajstić information content (AvgIpc) is 2.56. The molecule has 0 N–H and O–H groups in total. The first kappa shape index (κ1) is 14.6. The van der Waals surface area contributed by atoms with E-state index in [4.69, 9.17) is 0 Å². The summed E-state index contributed by atoms with van der Waals surface area (Å²) in [5.74, 6) is 0. The molecule has 0 atom stereocenters.